The molecule has 2 aliphatic carbocycles. The predicted molar refractivity (Wildman–Crippen MR) is 103 cm³/mol. The Morgan fingerprint density at radius 3 is 1.69 bits per heavy atom. The highest BCUT2D eigenvalue weighted by Crippen LogP contribution is 2.25. The standard InChI is InChI=1S/C11H11ClO.C11H12O2/c2*12-11(13)10-7-3-5-8-4-1-2-6-9(8)10/h3,5,7H,1-2,4,6H2;3,5,7H,1-2,4,6H2,(H,12,13). The number of halogens is 1. The van der Waals surface area contributed by atoms with Crippen molar-refractivity contribution in [3.63, 3.8) is 0 Å². The minimum atomic E-state index is -0.793. The average Bonchev–Trinajstić information content (AvgIpc) is 2.67. The van der Waals surface area contributed by atoms with E-state index in [4.69, 9.17) is 16.7 Å². The molecule has 0 fully saturated rings. The lowest BCUT2D eigenvalue weighted by Gasteiger charge is -2.17. The van der Waals surface area contributed by atoms with Crippen LogP contribution in [-0.4, -0.2) is 16.3 Å². The van der Waals surface area contributed by atoms with Crippen LogP contribution in [0.4, 0.5) is 0 Å². The number of carboxylic acids is 1. The Hall–Kier alpha value is -2.13. The Bertz CT molecular complexity index is 757. The molecular formula is C22H23ClO3. The summed E-state index contributed by atoms with van der Waals surface area (Å²) in [6.45, 7) is 0. The zero-order valence-corrected chi connectivity index (χ0v) is 15.5. The SMILES string of the molecule is O=C(Cl)c1cccc2c1CCCC2.O=C(O)c1cccc2c1CCCC2. The summed E-state index contributed by atoms with van der Waals surface area (Å²) in [4.78, 5) is 22.0. The third kappa shape index (κ3) is 4.16. The molecule has 2 aromatic rings. The van der Waals surface area contributed by atoms with Gasteiger partial charge < -0.3 is 5.11 Å². The lowest BCUT2D eigenvalue weighted by Crippen LogP contribution is -2.09. The number of aryl methyl sites for hydroxylation is 2. The molecule has 0 saturated heterocycles. The van der Waals surface area contributed by atoms with Crippen LogP contribution in [0, 0.1) is 0 Å². The molecule has 4 heteroatoms. The number of carbonyl (C=O) groups excluding carboxylic acids is 1. The molecule has 0 heterocycles. The Morgan fingerprint density at radius 1 is 0.731 bits per heavy atom. The molecule has 26 heavy (non-hydrogen) atoms. The zero-order valence-electron chi connectivity index (χ0n) is 14.8. The number of hydrogen-bond donors (Lipinski definition) is 1. The first-order valence-corrected chi connectivity index (χ1v) is 9.60. The van der Waals surface area contributed by atoms with Crippen LogP contribution >= 0.6 is 11.6 Å². The van der Waals surface area contributed by atoms with Crippen LogP contribution in [0.5, 0.6) is 0 Å². The van der Waals surface area contributed by atoms with E-state index < -0.39 is 5.97 Å². The van der Waals surface area contributed by atoms with Crippen molar-refractivity contribution in [3.05, 3.63) is 69.8 Å². The Labute approximate surface area is 159 Å². The third-order valence-corrected chi connectivity index (χ3v) is 5.44. The summed E-state index contributed by atoms with van der Waals surface area (Å²) in [5, 5.41) is 8.62. The van der Waals surface area contributed by atoms with Crippen molar-refractivity contribution in [1.82, 2.24) is 0 Å². The van der Waals surface area contributed by atoms with Crippen LogP contribution in [0.25, 0.3) is 0 Å². The number of hydrogen-bond acceptors (Lipinski definition) is 2. The molecular weight excluding hydrogens is 348 g/mol. The molecule has 4 rings (SSSR count). The molecule has 0 radical (unpaired) electrons. The second kappa shape index (κ2) is 8.50. The van der Waals surface area contributed by atoms with Crippen molar-refractivity contribution in [3.8, 4) is 0 Å². The highest BCUT2D eigenvalue weighted by atomic mass is 35.5. The maximum Gasteiger partial charge on any atom is 0.335 e. The molecule has 0 bridgehead atoms. The predicted octanol–water partition coefficient (Wildman–Crippen LogP) is 5.21. The maximum absolute atomic E-state index is 11.1. The lowest BCUT2D eigenvalue weighted by molar-refractivity contribution is 0.0695. The summed E-state index contributed by atoms with van der Waals surface area (Å²) in [7, 11) is 0. The fourth-order valence-corrected chi connectivity index (χ4v) is 4.12. The molecule has 0 unspecified atom stereocenters. The van der Waals surface area contributed by atoms with Crippen molar-refractivity contribution in [2.45, 2.75) is 51.4 Å². The summed E-state index contributed by atoms with van der Waals surface area (Å²) in [5.74, 6) is -0.793. The van der Waals surface area contributed by atoms with Crippen LogP contribution in [0.3, 0.4) is 0 Å². The number of rotatable bonds is 2. The van der Waals surface area contributed by atoms with Crippen molar-refractivity contribution in [2.75, 3.05) is 0 Å². The first-order valence-electron chi connectivity index (χ1n) is 9.22. The Balaban J connectivity index is 0.000000151. The van der Waals surface area contributed by atoms with Crippen molar-refractivity contribution < 1.29 is 14.7 Å². The lowest BCUT2D eigenvalue weighted by atomic mass is 9.88. The highest BCUT2D eigenvalue weighted by molar-refractivity contribution is 6.67. The number of carboxylic acid groups (broad SMARTS) is 1. The van der Waals surface area contributed by atoms with E-state index in [9.17, 15) is 9.59 Å². The zero-order chi connectivity index (χ0) is 18.5. The van der Waals surface area contributed by atoms with Gasteiger partial charge in [0.05, 0.1) is 5.56 Å². The van der Waals surface area contributed by atoms with E-state index in [-0.39, 0.29) is 5.24 Å². The Kier molecular flexibility index (Phi) is 6.10. The Morgan fingerprint density at radius 2 is 1.19 bits per heavy atom. The van der Waals surface area contributed by atoms with Gasteiger partial charge in [-0.25, -0.2) is 4.79 Å². The quantitative estimate of drug-likeness (QED) is 0.738. The summed E-state index contributed by atoms with van der Waals surface area (Å²) < 4.78 is 0. The van der Waals surface area contributed by atoms with Gasteiger partial charge in [-0.05, 0) is 97.4 Å². The highest BCUT2D eigenvalue weighted by Gasteiger charge is 2.16. The third-order valence-electron chi connectivity index (χ3n) is 5.23. The molecule has 1 N–H and O–H groups in total. The van der Waals surface area contributed by atoms with Crippen molar-refractivity contribution in [1.29, 1.82) is 0 Å². The second-order valence-corrected chi connectivity index (χ2v) is 7.22. The number of fused-ring (bicyclic) bond motifs is 2. The van der Waals surface area contributed by atoms with Gasteiger partial charge in [0, 0.05) is 5.56 Å². The maximum atomic E-state index is 11.1. The fraction of sp³-hybridized carbons (Fsp3) is 0.364. The summed E-state index contributed by atoms with van der Waals surface area (Å²) in [6.07, 6.45) is 8.78. The van der Waals surface area contributed by atoms with Crippen molar-refractivity contribution in [2.24, 2.45) is 0 Å². The minimum Gasteiger partial charge on any atom is -0.478 e. The molecule has 0 saturated carbocycles. The van der Waals surface area contributed by atoms with E-state index in [1.807, 2.05) is 24.3 Å². The smallest absolute Gasteiger partial charge is 0.335 e. The van der Waals surface area contributed by atoms with Crippen LogP contribution in [0.15, 0.2) is 36.4 Å². The van der Waals surface area contributed by atoms with Gasteiger partial charge in [-0.15, -0.1) is 0 Å². The van der Waals surface area contributed by atoms with E-state index in [0.717, 1.165) is 37.7 Å². The summed E-state index contributed by atoms with van der Waals surface area (Å²) in [6, 6.07) is 11.4. The largest absolute Gasteiger partial charge is 0.478 e. The van der Waals surface area contributed by atoms with E-state index in [2.05, 4.69) is 6.07 Å². The molecule has 0 amide bonds. The molecule has 2 aliphatic rings. The first kappa shape index (κ1) is 18.7. The second-order valence-electron chi connectivity index (χ2n) is 6.88. The van der Waals surface area contributed by atoms with Gasteiger partial charge in [0.2, 0.25) is 0 Å². The van der Waals surface area contributed by atoms with Crippen LogP contribution in [0.2, 0.25) is 0 Å². The average molecular weight is 371 g/mol. The van der Waals surface area contributed by atoms with Gasteiger partial charge in [-0.2, -0.15) is 0 Å². The van der Waals surface area contributed by atoms with Gasteiger partial charge in [0.1, 0.15) is 0 Å². The van der Waals surface area contributed by atoms with Gasteiger partial charge in [0.15, 0.2) is 0 Å². The first-order chi connectivity index (χ1) is 12.6. The van der Waals surface area contributed by atoms with Gasteiger partial charge in [-0.1, -0.05) is 24.3 Å². The van der Waals surface area contributed by atoms with Crippen LogP contribution in [0.1, 0.15) is 68.7 Å². The van der Waals surface area contributed by atoms with Crippen LogP contribution in [-0.2, 0) is 25.7 Å². The van der Waals surface area contributed by atoms with Crippen molar-refractivity contribution >= 4 is 22.8 Å². The van der Waals surface area contributed by atoms with Gasteiger partial charge in [-0.3, -0.25) is 4.79 Å². The summed E-state index contributed by atoms with van der Waals surface area (Å²) in [5.41, 5.74) is 5.97. The molecule has 2 aromatic carbocycles. The normalized spacial score (nSPS) is 15.1. The molecule has 136 valence electrons. The monoisotopic (exact) mass is 370 g/mol. The molecule has 3 nitrogen and oxygen atoms in total. The van der Waals surface area contributed by atoms with E-state index >= 15 is 0 Å². The van der Waals surface area contributed by atoms with Gasteiger partial charge in [0.25, 0.3) is 5.24 Å². The molecule has 0 aromatic heterocycles. The number of carbonyl (C=O) groups is 2. The molecule has 0 spiro atoms. The molecule has 0 atom stereocenters. The molecule has 0 aliphatic heterocycles. The minimum absolute atomic E-state index is 0.321. The number of aromatic carboxylic acids is 1. The summed E-state index contributed by atoms with van der Waals surface area (Å²) >= 11 is 5.50. The van der Waals surface area contributed by atoms with E-state index in [0.29, 0.717) is 11.1 Å². The fourth-order valence-electron chi connectivity index (χ4n) is 3.95. The van der Waals surface area contributed by atoms with Gasteiger partial charge >= 0.3 is 5.97 Å². The topological polar surface area (TPSA) is 54.4 Å². The van der Waals surface area contributed by atoms with E-state index in [1.165, 1.54) is 36.0 Å². The van der Waals surface area contributed by atoms with E-state index in [1.54, 1.807) is 6.07 Å². The number of benzene rings is 2. The van der Waals surface area contributed by atoms with Crippen LogP contribution < -0.4 is 0 Å².